The number of carboxylic acid groups (broad SMARTS) is 1. The van der Waals surface area contributed by atoms with Gasteiger partial charge in [-0.15, -0.1) is 0 Å². The number of thiophene rings is 1. The highest BCUT2D eigenvalue weighted by molar-refractivity contribution is 7.07. The van der Waals surface area contributed by atoms with Crippen molar-refractivity contribution in [2.75, 3.05) is 13.7 Å². The Hall–Kier alpha value is -2.01. The van der Waals surface area contributed by atoms with Crippen LogP contribution in [0.1, 0.15) is 15.9 Å². The first-order chi connectivity index (χ1) is 9.20. The molecule has 0 radical (unpaired) electrons. The minimum absolute atomic E-state index is 0.186. The molecule has 0 aliphatic rings. The highest BCUT2D eigenvalue weighted by Crippen LogP contribution is 2.28. The summed E-state index contributed by atoms with van der Waals surface area (Å²) in [7, 11) is 1.53. The lowest BCUT2D eigenvalue weighted by Crippen LogP contribution is -2.04. The van der Waals surface area contributed by atoms with Gasteiger partial charge in [0.1, 0.15) is 0 Å². The first-order valence-corrected chi connectivity index (χ1v) is 6.70. The van der Waals surface area contributed by atoms with Gasteiger partial charge in [-0.3, -0.25) is 0 Å². The highest BCUT2D eigenvalue weighted by atomic mass is 32.1. The number of methoxy groups -OCH3 is 1. The summed E-state index contributed by atoms with van der Waals surface area (Å²) in [6, 6.07) is 6.62. The van der Waals surface area contributed by atoms with Crippen molar-refractivity contribution in [3.63, 3.8) is 0 Å². The minimum Gasteiger partial charge on any atom is -0.493 e. The van der Waals surface area contributed by atoms with Gasteiger partial charge < -0.3 is 14.6 Å². The van der Waals surface area contributed by atoms with Gasteiger partial charge in [0.2, 0.25) is 0 Å². The molecule has 2 rings (SSSR count). The number of benzene rings is 1. The van der Waals surface area contributed by atoms with Gasteiger partial charge in [0.25, 0.3) is 0 Å². The number of hydrogen-bond acceptors (Lipinski definition) is 4. The van der Waals surface area contributed by atoms with Crippen LogP contribution in [0.3, 0.4) is 0 Å². The zero-order chi connectivity index (χ0) is 13.7. The van der Waals surface area contributed by atoms with Crippen molar-refractivity contribution in [2.24, 2.45) is 0 Å². The van der Waals surface area contributed by atoms with Gasteiger partial charge >= 0.3 is 5.97 Å². The Bertz CT molecular complexity index is 549. The van der Waals surface area contributed by atoms with E-state index >= 15 is 0 Å². The van der Waals surface area contributed by atoms with Crippen LogP contribution in [0.25, 0.3) is 0 Å². The maximum atomic E-state index is 10.9. The molecule has 0 saturated heterocycles. The van der Waals surface area contributed by atoms with Crippen LogP contribution in [0.4, 0.5) is 0 Å². The molecule has 100 valence electrons. The molecule has 4 nitrogen and oxygen atoms in total. The first-order valence-electron chi connectivity index (χ1n) is 5.76. The van der Waals surface area contributed by atoms with Crippen molar-refractivity contribution in [1.29, 1.82) is 0 Å². The third-order valence-electron chi connectivity index (χ3n) is 2.64. The molecule has 0 aliphatic carbocycles. The van der Waals surface area contributed by atoms with Crippen molar-refractivity contribution < 1.29 is 19.4 Å². The molecule has 0 bridgehead atoms. The molecule has 0 fully saturated rings. The zero-order valence-electron chi connectivity index (χ0n) is 10.5. The van der Waals surface area contributed by atoms with Crippen molar-refractivity contribution in [2.45, 2.75) is 6.42 Å². The topological polar surface area (TPSA) is 55.8 Å². The van der Waals surface area contributed by atoms with Crippen LogP contribution in [0.15, 0.2) is 35.0 Å². The van der Waals surface area contributed by atoms with Crippen LogP contribution in [-0.4, -0.2) is 24.8 Å². The Morgan fingerprint density at radius 3 is 2.79 bits per heavy atom. The Labute approximate surface area is 115 Å². The third-order valence-corrected chi connectivity index (χ3v) is 3.37. The predicted octanol–water partition coefficient (Wildman–Crippen LogP) is 3.08. The second-order valence-electron chi connectivity index (χ2n) is 3.90. The Morgan fingerprint density at radius 1 is 1.32 bits per heavy atom. The number of carbonyl (C=O) groups is 1. The maximum absolute atomic E-state index is 10.9. The molecular weight excluding hydrogens is 264 g/mol. The van der Waals surface area contributed by atoms with E-state index in [1.54, 1.807) is 17.4 Å². The monoisotopic (exact) mass is 278 g/mol. The molecule has 1 N–H and O–H groups in total. The molecule has 0 atom stereocenters. The van der Waals surface area contributed by atoms with Crippen LogP contribution in [0.2, 0.25) is 0 Å². The van der Waals surface area contributed by atoms with Gasteiger partial charge in [-0.1, -0.05) is 0 Å². The molecule has 0 unspecified atom stereocenters. The lowest BCUT2D eigenvalue weighted by Gasteiger charge is -2.11. The van der Waals surface area contributed by atoms with Crippen LogP contribution in [-0.2, 0) is 6.42 Å². The van der Waals surface area contributed by atoms with Crippen LogP contribution in [0.5, 0.6) is 11.5 Å². The molecule has 5 heteroatoms. The predicted molar refractivity (Wildman–Crippen MR) is 73.5 cm³/mol. The summed E-state index contributed by atoms with van der Waals surface area (Å²) in [5.41, 5.74) is 1.39. The fourth-order valence-electron chi connectivity index (χ4n) is 1.64. The Kier molecular flexibility index (Phi) is 4.41. The van der Waals surface area contributed by atoms with Gasteiger partial charge in [0.05, 0.1) is 19.3 Å². The second kappa shape index (κ2) is 6.24. The smallest absolute Gasteiger partial charge is 0.335 e. The summed E-state index contributed by atoms with van der Waals surface area (Å²) in [5, 5.41) is 13.0. The quantitative estimate of drug-likeness (QED) is 0.882. The highest BCUT2D eigenvalue weighted by Gasteiger charge is 2.10. The molecule has 1 heterocycles. The molecule has 0 spiro atoms. The standard InChI is InChI=1S/C14H14O4S/c1-17-12-3-2-11(14(15)16)8-13(12)18-6-4-10-5-7-19-9-10/h2-3,5,7-9H,4,6H2,1H3,(H,15,16). The fraction of sp³-hybridized carbons (Fsp3) is 0.214. The third kappa shape index (κ3) is 3.48. The SMILES string of the molecule is COc1ccc(C(=O)O)cc1OCCc1ccsc1. The van der Waals surface area contributed by atoms with Gasteiger partial charge in [-0.2, -0.15) is 11.3 Å². The largest absolute Gasteiger partial charge is 0.493 e. The van der Waals surface area contributed by atoms with E-state index in [1.807, 2.05) is 11.4 Å². The van der Waals surface area contributed by atoms with Crippen molar-refractivity contribution in [3.8, 4) is 11.5 Å². The molecule has 19 heavy (non-hydrogen) atoms. The molecule has 0 amide bonds. The lowest BCUT2D eigenvalue weighted by atomic mass is 10.2. The van der Waals surface area contributed by atoms with Gasteiger partial charge in [0, 0.05) is 6.42 Å². The first kappa shape index (κ1) is 13.4. The molecule has 1 aromatic heterocycles. The fourth-order valence-corrected chi connectivity index (χ4v) is 2.34. The van der Waals surface area contributed by atoms with Crippen LogP contribution >= 0.6 is 11.3 Å². The van der Waals surface area contributed by atoms with Gasteiger partial charge in [0.15, 0.2) is 11.5 Å². The average Bonchev–Trinajstić information content (AvgIpc) is 2.91. The Balaban J connectivity index is 2.04. The minimum atomic E-state index is -0.981. The van der Waals surface area contributed by atoms with Gasteiger partial charge in [-0.05, 0) is 40.6 Å². The van der Waals surface area contributed by atoms with Crippen molar-refractivity contribution in [3.05, 3.63) is 46.2 Å². The van der Waals surface area contributed by atoms with Crippen molar-refractivity contribution >= 4 is 17.3 Å². The number of carboxylic acids is 1. The summed E-state index contributed by atoms with van der Waals surface area (Å²) in [6.07, 6.45) is 0.782. The van der Waals surface area contributed by atoms with E-state index < -0.39 is 5.97 Å². The van der Waals surface area contributed by atoms with E-state index in [0.29, 0.717) is 18.1 Å². The van der Waals surface area contributed by atoms with Crippen molar-refractivity contribution in [1.82, 2.24) is 0 Å². The molecule has 0 saturated carbocycles. The lowest BCUT2D eigenvalue weighted by molar-refractivity contribution is 0.0696. The summed E-state index contributed by atoms with van der Waals surface area (Å²) < 4.78 is 10.8. The molecule has 0 aliphatic heterocycles. The van der Waals surface area contributed by atoms with Crippen LogP contribution in [0, 0.1) is 0 Å². The normalized spacial score (nSPS) is 10.2. The van der Waals surface area contributed by atoms with E-state index in [0.717, 1.165) is 6.42 Å². The molecule has 1 aromatic carbocycles. The average molecular weight is 278 g/mol. The number of hydrogen-bond donors (Lipinski definition) is 1. The second-order valence-corrected chi connectivity index (χ2v) is 4.68. The number of aromatic carboxylic acids is 1. The summed E-state index contributed by atoms with van der Waals surface area (Å²) in [5.74, 6) is 0.0123. The summed E-state index contributed by atoms with van der Waals surface area (Å²) >= 11 is 1.64. The van der Waals surface area contributed by atoms with E-state index in [4.69, 9.17) is 14.6 Å². The number of rotatable bonds is 6. The summed E-state index contributed by atoms with van der Waals surface area (Å²) in [4.78, 5) is 10.9. The zero-order valence-corrected chi connectivity index (χ0v) is 11.3. The number of ether oxygens (including phenoxy) is 2. The van der Waals surface area contributed by atoms with E-state index in [9.17, 15) is 4.79 Å². The summed E-state index contributed by atoms with van der Waals surface area (Å²) in [6.45, 7) is 0.482. The van der Waals surface area contributed by atoms with Crippen LogP contribution < -0.4 is 9.47 Å². The van der Waals surface area contributed by atoms with E-state index in [1.165, 1.54) is 24.8 Å². The molecule has 2 aromatic rings. The van der Waals surface area contributed by atoms with Gasteiger partial charge in [-0.25, -0.2) is 4.79 Å². The molecular formula is C14H14O4S. The van der Waals surface area contributed by atoms with E-state index in [2.05, 4.69) is 5.38 Å². The maximum Gasteiger partial charge on any atom is 0.335 e. The van der Waals surface area contributed by atoms with E-state index in [-0.39, 0.29) is 5.56 Å². The Morgan fingerprint density at radius 2 is 2.16 bits per heavy atom.